The molecular weight excluding hydrogens is 106 g/mol. The molecule has 0 aromatic carbocycles. The molecule has 8 heavy (non-hydrogen) atoms. The molecule has 0 aliphatic heterocycles. The van der Waals surface area contributed by atoms with Crippen molar-refractivity contribution >= 4 is 6.09 Å². The second-order valence-electron chi connectivity index (χ2n) is 1.44. The van der Waals surface area contributed by atoms with Crippen molar-refractivity contribution in [2.24, 2.45) is 0 Å². The van der Waals surface area contributed by atoms with Crippen molar-refractivity contribution in [3.63, 3.8) is 0 Å². The molecule has 0 saturated heterocycles. The Morgan fingerprint density at radius 1 is 1.38 bits per heavy atom. The lowest BCUT2D eigenvalue weighted by atomic mass is 10.6. The molecule has 0 saturated carbocycles. The molecular formula is C5H10NO2. The number of hydrogen-bond donors (Lipinski definition) is 0. The van der Waals surface area contributed by atoms with E-state index in [4.69, 9.17) is 0 Å². The summed E-state index contributed by atoms with van der Waals surface area (Å²) in [5, 5.41) is 9.98. The number of nitrogens with zero attached hydrogens (tertiary/aromatic N) is 1. The molecule has 3 heteroatoms. The lowest BCUT2D eigenvalue weighted by molar-refractivity contribution is 0.124. The zero-order valence-corrected chi connectivity index (χ0v) is 5.18. The predicted molar refractivity (Wildman–Crippen MR) is 29.0 cm³/mol. The summed E-state index contributed by atoms with van der Waals surface area (Å²) in [6, 6.07) is 0. The van der Waals surface area contributed by atoms with E-state index in [2.05, 4.69) is 0 Å². The van der Waals surface area contributed by atoms with Crippen LogP contribution in [-0.4, -0.2) is 24.1 Å². The van der Waals surface area contributed by atoms with Crippen molar-refractivity contribution in [1.29, 1.82) is 0 Å². The fraction of sp³-hybridized carbons (Fsp3) is 0.800. The fourth-order valence-corrected chi connectivity index (χ4v) is 0.482. The van der Waals surface area contributed by atoms with Gasteiger partial charge >= 0.3 is 6.09 Å². The van der Waals surface area contributed by atoms with E-state index in [1.165, 1.54) is 4.90 Å². The summed E-state index contributed by atoms with van der Waals surface area (Å²) in [7, 11) is 0. The molecule has 0 aromatic rings. The van der Waals surface area contributed by atoms with Gasteiger partial charge in [0.1, 0.15) is 0 Å². The van der Waals surface area contributed by atoms with Gasteiger partial charge in [-0.05, 0) is 13.8 Å². The lowest BCUT2D eigenvalue weighted by Gasteiger charge is -2.10. The maximum absolute atomic E-state index is 9.98. The third-order valence-corrected chi connectivity index (χ3v) is 1.02. The minimum absolute atomic E-state index is 0.513. The van der Waals surface area contributed by atoms with Gasteiger partial charge in [-0.1, -0.05) is 0 Å². The summed E-state index contributed by atoms with van der Waals surface area (Å²) in [5.41, 5.74) is 0. The molecule has 0 aromatic heterocycles. The van der Waals surface area contributed by atoms with E-state index in [1.807, 2.05) is 0 Å². The molecule has 0 aliphatic rings. The first kappa shape index (κ1) is 7.27. The minimum atomic E-state index is -1.09. The van der Waals surface area contributed by atoms with Crippen molar-refractivity contribution in [3.8, 4) is 0 Å². The first-order valence-electron chi connectivity index (χ1n) is 2.68. The molecule has 0 fully saturated rings. The largest absolute Gasteiger partial charge is 0.453 e. The highest BCUT2D eigenvalue weighted by molar-refractivity contribution is 5.64. The van der Waals surface area contributed by atoms with Crippen LogP contribution in [0.25, 0.3) is 0 Å². The molecule has 0 atom stereocenters. The van der Waals surface area contributed by atoms with Gasteiger partial charge in [-0.2, -0.15) is 0 Å². The Morgan fingerprint density at radius 2 is 1.75 bits per heavy atom. The first-order valence-corrected chi connectivity index (χ1v) is 2.68. The summed E-state index contributed by atoms with van der Waals surface area (Å²) in [5.74, 6) is 0. The van der Waals surface area contributed by atoms with Crippen LogP contribution in [0.1, 0.15) is 13.8 Å². The van der Waals surface area contributed by atoms with Crippen LogP contribution in [0.2, 0.25) is 0 Å². The van der Waals surface area contributed by atoms with Crippen LogP contribution < -0.4 is 0 Å². The SMILES string of the molecule is CCN(CC)C([O])=O. The Bertz CT molecular complexity index is 78.5. The van der Waals surface area contributed by atoms with Gasteiger partial charge in [0.05, 0.1) is 0 Å². The van der Waals surface area contributed by atoms with Gasteiger partial charge < -0.3 is 4.90 Å². The van der Waals surface area contributed by atoms with E-state index < -0.39 is 6.09 Å². The highest BCUT2D eigenvalue weighted by atomic mass is 16.4. The highest BCUT2D eigenvalue weighted by Gasteiger charge is 2.05. The van der Waals surface area contributed by atoms with Gasteiger partial charge in [-0.15, -0.1) is 0 Å². The fourth-order valence-electron chi connectivity index (χ4n) is 0.482. The van der Waals surface area contributed by atoms with Crippen LogP contribution in [0.3, 0.4) is 0 Å². The van der Waals surface area contributed by atoms with E-state index in [-0.39, 0.29) is 0 Å². The Morgan fingerprint density at radius 3 is 1.75 bits per heavy atom. The van der Waals surface area contributed by atoms with E-state index in [9.17, 15) is 9.90 Å². The number of rotatable bonds is 2. The molecule has 1 amide bonds. The molecule has 47 valence electrons. The molecule has 0 bridgehead atoms. The lowest BCUT2D eigenvalue weighted by Crippen LogP contribution is -2.27. The quantitative estimate of drug-likeness (QED) is 0.527. The van der Waals surface area contributed by atoms with Gasteiger partial charge in [0.2, 0.25) is 0 Å². The van der Waals surface area contributed by atoms with Gasteiger partial charge in [-0.3, -0.25) is 0 Å². The van der Waals surface area contributed by atoms with Crippen LogP contribution in [0.15, 0.2) is 0 Å². The zero-order chi connectivity index (χ0) is 6.57. The molecule has 0 spiro atoms. The molecule has 3 nitrogen and oxygen atoms in total. The smallest absolute Gasteiger partial charge is 0.306 e. The van der Waals surface area contributed by atoms with Crippen molar-refractivity contribution in [3.05, 3.63) is 0 Å². The maximum atomic E-state index is 9.98. The van der Waals surface area contributed by atoms with E-state index >= 15 is 0 Å². The Labute approximate surface area is 48.9 Å². The minimum Gasteiger partial charge on any atom is -0.306 e. The molecule has 1 radical (unpaired) electrons. The summed E-state index contributed by atoms with van der Waals surface area (Å²) in [6.45, 7) is 4.58. The monoisotopic (exact) mass is 116 g/mol. The third-order valence-electron chi connectivity index (χ3n) is 1.02. The van der Waals surface area contributed by atoms with Crippen LogP contribution in [0, 0.1) is 0 Å². The predicted octanol–water partition coefficient (Wildman–Crippen LogP) is 0.879. The maximum Gasteiger partial charge on any atom is 0.453 e. The Hall–Kier alpha value is -0.730. The van der Waals surface area contributed by atoms with Gasteiger partial charge in [0.15, 0.2) is 0 Å². The highest BCUT2D eigenvalue weighted by Crippen LogP contribution is 1.85. The molecule has 0 heterocycles. The number of carbonyl (C=O) groups excluding carboxylic acids is 1. The van der Waals surface area contributed by atoms with E-state index in [0.717, 1.165) is 0 Å². The average Bonchev–Trinajstić information content (AvgIpc) is 1.69. The summed E-state index contributed by atoms with van der Waals surface area (Å²) in [4.78, 5) is 11.2. The van der Waals surface area contributed by atoms with E-state index in [1.54, 1.807) is 13.8 Å². The zero-order valence-electron chi connectivity index (χ0n) is 5.18. The second-order valence-corrected chi connectivity index (χ2v) is 1.44. The summed E-state index contributed by atoms with van der Waals surface area (Å²) >= 11 is 0. The first-order chi connectivity index (χ1) is 3.72. The van der Waals surface area contributed by atoms with Crippen LogP contribution in [0.5, 0.6) is 0 Å². The summed E-state index contributed by atoms with van der Waals surface area (Å²) in [6.07, 6.45) is -1.09. The standard InChI is InChI=1S/C5H10NO2/c1-3-6(4-2)5(7)8/h3-4H2,1-2H3. The number of amides is 1. The van der Waals surface area contributed by atoms with Gasteiger partial charge in [-0.25, -0.2) is 9.90 Å². The number of hydrogen-bond acceptors (Lipinski definition) is 1. The third kappa shape index (κ3) is 1.82. The van der Waals surface area contributed by atoms with Crippen molar-refractivity contribution in [2.75, 3.05) is 13.1 Å². The molecule has 0 N–H and O–H groups in total. The average molecular weight is 116 g/mol. The van der Waals surface area contributed by atoms with Crippen molar-refractivity contribution in [2.45, 2.75) is 13.8 Å². The van der Waals surface area contributed by atoms with Crippen LogP contribution in [0.4, 0.5) is 4.79 Å². The molecule has 0 rings (SSSR count). The molecule has 0 unspecified atom stereocenters. The molecule has 0 aliphatic carbocycles. The van der Waals surface area contributed by atoms with Gasteiger partial charge in [0.25, 0.3) is 0 Å². The van der Waals surface area contributed by atoms with Gasteiger partial charge in [0, 0.05) is 13.1 Å². The van der Waals surface area contributed by atoms with E-state index in [0.29, 0.717) is 13.1 Å². The van der Waals surface area contributed by atoms with Crippen molar-refractivity contribution < 1.29 is 9.90 Å². The van der Waals surface area contributed by atoms with Crippen LogP contribution >= 0.6 is 0 Å². The summed E-state index contributed by atoms with van der Waals surface area (Å²) < 4.78 is 0. The normalized spacial score (nSPS) is 8.75. The second kappa shape index (κ2) is 3.29. The van der Waals surface area contributed by atoms with Crippen molar-refractivity contribution in [1.82, 2.24) is 4.90 Å². The number of carbonyl (C=O) groups is 1. The Balaban J connectivity index is 3.52. The topological polar surface area (TPSA) is 40.2 Å². The Kier molecular flexibility index (Phi) is 2.99. The van der Waals surface area contributed by atoms with Crippen LogP contribution in [-0.2, 0) is 5.11 Å².